The molecule has 42 heavy (non-hydrogen) atoms. The van der Waals surface area contributed by atoms with E-state index < -0.39 is 48.2 Å². The second-order valence-electron chi connectivity index (χ2n) is 9.77. The maximum absolute atomic E-state index is 12.9. The summed E-state index contributed by atoms with van der Waals surface area (Å²) in [6.45, 7) is 4.75. The summed E-state index contributed by atoms with van der Waals surface area (Å²) in [5, 5.41) is 44.2. The average molecular weight is 617 g/mol. The second-order valence-corrected chi connectivity index (χ2v) is 10.8. The Labute approximate surface area is 246 Å². The molecule has 220 valence electrons. The minimum absolute atomic E-state index is 0.00671. The number of aromatic carboxylic acids is 1. The Balaban J connectivity index is 1.51. The summed E-state index contributed by atoms with van der Waals surface area (Å²) in [5.41, 5.74) is 3.90. The molecule has 1 saturated heterocycles. The zero-order valence-corrected chi connectivity index (χ0v) is 23.5. The van der Waals surface area contributed by atoms with Gasteiger partial charge in [-0.15, -0.1) is 11.3 Å². The minimum Gasteiger partial charge on any atom is -0.479 e. The van der Waals surface area contributed by atoms with Crippen LogP contribution in [0, 0.1) is 0 Å². The van der Waals surface area contributed by atoms with Crippen LogP contribution in [0.2, 0.25) is 5.28 Å². The van der Waals surface area contributed by atoms with Crippen molar-refractivity contribution in [1.82, 2.24) is 24.5 Å². The van der Waals surface area contributed by atoms with E-state index in [1.807, 2.05) is 0 Å². The highest BCUT2D eigenvalue weighted by Crippen LogP contribution is 2.43. The number of nitrogens with zero attached hydrogens (tertiary/aromatic N) is 5. The van der Waals surface area contributed by atoms with E-state index in [2.05, 4.69) is 26.5 Å². The molecule has 3 aromatic heterocycles. The number of hydrogen-bond acceptors (Lipinski definition) is 12. The van der Waals surface area contributed by atoms with Crippen LogP contribution in [0.3, 0.4) is 0 Å². The molecule has 1 fully saturated rings. The molecule has 5 atom stereocenters. The Morgan fingerprint density at radius 2 is 2.07 bits per heavy atom. The molecule has 0 bridgehead atoms. The monoisotopic (exact) mass is 616 g/mol. The number of rotatable bonds is 10. The maximum Gasteiger partial charge on any atom is 0.342 e. The van der Waals surface area contributed by atoms with Crippen LogP contribution in [-0.4, -0.2) is 81.3 Å². The lowest BCUT2D eigenvalue weighted by Gasteiger charge is -2.34. The molecule has 1 aliphatic rings. The minimum atomic E-state index is -2.11. The molecule has 6 N–H and O–H groups in total. The van der Waals surface area contributed by atoms with Crippen LogP contribution in [0.5, 0.6) is 0 Å². The van der Waals surface area contributed by atoms with E-state index >= 15 is 0 Å². The third-order valence-electron chi connectivity index (χ3n) is 7.19. The standard InChI is InChI=1S/C26H25ClN6O8S/c1-12(2)26(39)16(41-21(18(26)34)33-10-29-17-19(28)31-24(27)32-20(17)33)8-40-25(23(37)38,15-9-42-11-30-15)7-13-4-3-5-14(6-13)22(35)36/h3-6,9-11,16,18,21,34,39H,1,7-8H2,2H3,(H,35,36)(H,37,38)(H2,28,31,32)/t16-,18+,21-,25?,26-/m1/s1. The highest BCUT2D eigenvalue weighted by molar-refractivity contribution is 7.07. The Bertz CT molecular complexity index is 1680. The smallest absolute Gasteiger partial charge is 0.342 e. The van der Waals surface area contributed by atoms with Gasteiger partial charge in [-0.25, -0.2) is 19.6 Å². The lowest BCUT2D eigenvalue weighted by molar-refractivity contribution is -0.179. The van der Waals surface area contributed by atoms with Gasteiger partial charge in [0.1, 0.15) is 23.3 Å². The number of halogens is 1. The van der Waals surface area contributed by atoms with E-state index in [4.69, 9.17) is 26.8 Å². The number of carbonyl (C=O) groups is 2. The van der Waals surface area contributed by atoms with E-state index in [1.165, 1.54) is 46.9 Å². The SMILES string of the molecule is C=C(C)[C@@]1(O)[C@@H](COC(Cc2cccc(C(=O)O)c2)(C(=O)O)c2cscn2)O[C@@H](n2cnc3c(N)nc(Cl)nc32)[C@@H]1O. The first kappa shape index (κ1) is 29.5. The number of nitrogen functional groups attached to an aromatic ring is 1. The van der Waals surface area contributed by atoms with Crippen molar-refractivity contribution in [2.45, 2.75) is 43.0 Å². The molecule has 1 aromatic carbocycles. The van der Waals surface area contributed by atoms with Crippen LogP contribution in [0.25, 0.3) is 11.2 Å². The largest absolute Gasteiger partial charge is 0.479 e. The Hall–Kier alpha value is -3.99. The van der Waals surface area contributed by atoms with Gasteiger partial charge < -0.3 is 35.6 Å². The van der Waals surface area contributed by atoms with Crippen molar-refractivity contribution in [3.63, 3.8) is 0 Å². The van der Waals surface area contributed by atoms with Gasteiger partial charge >= 0.3 is 11.9 Å². The number of nitrogens with two attached hydrogens (primary N) is 1. The summed E-state index contributed by atoms with van der Waals surface area (Å²) in [7, 11) is 0. The number of imidazole rings is 1. The molecule has 4 aromatic rings. The fourth-order valence-corrected chi connectivity index (χ4v) is 5.74. The van der Waals surface area contributed by atoms with Gasteiger partial charge in [-0.3, -0.25) is 4.57 Å². The highest BCUT2D eigenvalue weighted by atomic mass is 35.5. The van der Waals surface area contributed by atoms with E-state index in [-0.39, 0.29) is 45.5 Å². The maximum atomic E-state index is 12.9. The van der Waals surface area contributed by atoms with Crippen molar-refractivity contribution in [2.75, 3.05) is 12.3 Å². The van der Waals surface area contributed by atoms with Crippen LogP contribution < -0.4 is 5.73 Å². The highest BCUT2D eigenvalue weighted by Gasteiger charge is 2.58. The number of anilines is 1. The first-order valence-electron chi connectivity index (χ1n) is 12.3. The molecule has 0 spiro atoms. The zero-order chi connectivity index (χ0) is 30.4. The predicted molar refractivity (Wildman–Crippen MR) is 149 cm³/mol. The van der Waals surface area contributed by atoms with Crippen molar-refractivity contribution in [2.24, 2.45) is 0 Å². The van der Waals surface area contributed by atoms with E-state index in [1.54, 1.807) is 6.07 Å². The Morgan fingerprint density at radius 1 is 1.31 bits per heavy atom. The summed E-state index contributed by atoms with van der Waals surface area (Å²) < 4.78 is 13.5. The molecule has 0 radical (unpaired) electrons. The number of carboxylic acid groups (broad SMARTS) is 2. The van der Waals surface area contributed by atoms with Crippen molar-refractivity contribution >= 4 is 51.9 Å². The number of ether oxygens (including phenoxy) is 2. The van der Waals surface area contributed by atoms with Crippen molar-refractivity contribution in [1.29, 1.82) is 0 Å². The van der Waals surface area contributed by atoms with E-state index in [0.29, 0.717) is 5.56 Å². The van der Waals surface area contributed by atoms with E-state index in [9.17, 15) is 30.0 Å². The topological polar surface area (TPSA) is 216 Å². The zero-order valence-electron chi connectivity index (χ0n) is 21.9. The summed E-state index contributed by atoms with van der Waals surface area (Å²) >= 11 is 7.12. The molecule has 1 aliphatic heterocycles. The number of aliphatic carboxylic acids is 1. The molecule has 0 amide bonds. The number of aliphatic hydroxyl groups excluding tert-OH is 1. The fourth-order valence-electron chi connectivity index (χ4n) is 4.96. The molecule has 14 nitrogen and oxygen atoms in total. The Morgan fingerprint density at radius 3 is 2.71 bits per heavy atom. The molecule has 5 rings (SSSR count). The third kappa shape index (κ3) is 4.89. The van der Waals surface area contributed by atoms with Gasteiger partial charge in [0, 0.05) is 11.8 Å². The Kier molecular flexibility index (Phi) is 7.74. The number of hydrogen-bond donors (Lipinski definition) is 5. The number of benzene rings is 1. The quantitative estimate of drug-likeness (QED) is 0.127. The van der Waals surface area contributed by atoms with Gasteiger partial charge in [-0.1, -0.05) is 18.7 Å². The number of carboxylic acids is 2. The second kappa shape index (κ2) is 11.0. The van der Waals surface area contributed by atoms with Crippen molar-refractivity contribution < 1.29 is 39.5 Å². The van der Waals surface area contributed by atoms with Gasteiger partial charge in [0.05, 0.1) is 29.7 Å². The van der Waals surface area contributed by atoms with Gasteiger partial charge in [-0.05, 0) is 41.8 Å². The van der Waals surface area contributed by atoms with Gasteiger partial charge in [0.25, 0.3) is 0 Å². The summed E-state index contributed by atoms with van der Waals surface area (Å²) in [6, 6.07) is 5.78. The molecular weight excluding hydrogens is 592 g/mol. The number of fused-ring (bicyclic) bond motifs is 1. The lowest BCUT2D eigenvalue weighted by Crippen LogP contribution is -2.52. The summed E-state index contributed by atoms with van der Waals surface area (Å²) in [4.78, 5) is 40.7. The predicted octanol–water partition coefficient (Wildman–Crippen LogP) is 2.02. The lowest BCUT2D eigenvalue weighted by atomic mass is 9.85. The van der Waals surface area contributed by atoms with Gasteiger partial charge in [0.2, 0.25) is 10.9 Å². The normalized spacial score (nSPS) is 23.6. The first-order valence-corrected chi connectivity index (χ1v) is 13.7. The van der Waals surface area contributed by atoms with Crippen LogP contribution >= 0.6 is 22.9 Å². The van der Waals surface area contributed by atoms with Crippen LogP contribution in [0.1, 0.15) is 34.8 Å². The summed E-state index contributed by atoms with van der Waals surface area (Å²) in [5.74, 6) is -2.60. The molecule has 1 unspecified atom stereocenters. The first-order chi connectivity index (χ1) is 19.9. The van der Waals surface area contributed by atoms with E-state index in [0.717, 1.165) is 11.3 Å². The van der Waals surface area contributed by atoms with Gasteiger partial charge in [-0.2, -0.15) is 9.97 Å². The van der Waals surface area contributed by atoms with Crippen molar-refractivity contribution in [3.05, 3.63) is 75.7 Å². The van der Waals surface area contributed by atoms with Crippen LogP contribution in [0.4, 0.5) is 5.82 Å². The molecule has 0 aliphatic carbocycles. The van der Waals surface area contributed by atoms with Crippen molar-refractivity contribution in [3.8, 4) is 0 Å². The number of thiazole rings is 1. The molecule has 0 saturated carbocycles. The number of aliphatic hydroxyl groups is 2. The summed E-state index contributed by atoms with van der Waals surface area (Å²) in [6.07, 6.45) is -3.29. The fraction of sp³-hybridized carbons (Fsp3) is 0.308. The third-order valence-corrected chi connectivity index (χ3v) is 7.95. The van der Waals surface area contributed by atoms with Crippen LogP contribution in [0.15, 0.2) is 53.6 Å². The molecule has 16 heteroatoms. The molecule has 4 heterocycles. The molecular formula is C26H25ClN6O8S. The average Bonchev–Trinajstić information content (AvgIpc) is 3.67. The van der Waals surface area contributed by atoms with Gasteiger partial charge in [0.15, 0.2) is 17.7 Å². The van der Waals surface area contributed by atoms with Crippen LogP contribution in [-0.2, 0) is 26.3 Å². The number of aromatic nitrogens is 5.